The topological polar surface area (TPSA) is 58.3 Å². The molecule has 0 radical (unpaired) electrons. The molecule has 3 heteroatoms. The zero-order valence-corrected chi connectivity index (χ0v) is 7.61. The van der Waals surface area contributed by atoms with Crippen LogP contribution < -0.4 is 11.1 Å². The van der Waals surface area contributed by atoms with Gasteiger partial charge in [-0.15, -0.1) is 0 Å². The van der Waals surface area contributed by atoms with E-state index in [4.69, 9.17) is 10.8 Å². The van der Waals surface area contributed by atoms with Gasteiger partial charge in [0.1, 0.15) is 0 Å². The van der Waals surface area contributed by atoms with E-state index in [-0.39, 0.29) is 12.6 Å². The van der Waals surface area contributed by atoms with E-state index >= 15 is 0 Å². The average molecular weight is 180 g/mol. The molecule has 13 heavy (non-hydrogen) atoms. The molecule has 0 aliphatic carbocycles. The average Bonchev–Trinajstić information content (AvgIpc) is 2.21. The number of hydrogen-bond acceptors (Lipinski definition) is 3. The molecule has 0 aliphatic rings. The van der Waals surface area contributed by atoms with Gasteiger partial charge in [-0.3, -0.25) is 0 Å². The molecule has 1 aromatic carbocycles. The second-order valence-corrected chi connectivity index (χ2v) is 2.89. The first kappa shape index (κ1) is 10.2. The van der Waals surface area contributed by atoms with Crippen LogP contribution in [0.25, 0.3) is 0 Å². The molecule has 0 heterocycles. The summed E-state index contributed by atoms with van der Waals surface area (Å²) in [6, 6.07) is 9.87. The Kier molecular flexibility index (Phi) is 4.46. The number of aliphatic hydroxyl groups excluding tert-OH is 1. The van der Waals surface area contributed by atoms with Gasteiger partial charge in [-0.25, -0.2) is 0 Å². The maximum Gasteiger partial charge on any atom is 0.0626 e. The van der Waals surface area contributed by atoms with Gasteiger partial charge >= 0.3 is 0 Å². The summed E-state index contributed by atoms with van der Waals surface area (Å²) in [6.07, 6.45) is 0. The van der Waals surface area contributed by atoms with E-state index in [9.17, 15) is 0 Å². The van der Waals surface area contributed by atoms with Crippen molar-refractivity contribution in [1.29, 1.82) is 0 Å². The third kappa shape index (κ3) is 3.14. The molecule has 4 N–H and O–H groups in total. The van der Waals surface area contributed by atoms with Crippen LogP contribution in [0.15, 0.2) is 30.3 Å². The van der Waals surface area contributed by atoms with Gasteiger partial charge in [-0.1, -0.05) is 30.3 Å². The lowest BCUT2D eigenvalue weighted by atomic mass is 10.1. The lowest BCUT2D eigenvalue weighted by Gasteiger charge is -2.15. The molecule has 1 unspecified atom stereocenters. The van der Waals surface area contributed by atoms with Crippen molar-refractivity contribution in [2.75, 3.05) is 19.7 Å². The van der Waals surface area contributed by atoms with Crippen LogP contribution in [0, 0.1) is 0 Å². The molecule has 0 saturated heterocycles. The van der Waals surface area contributed by atoms with Crippen LogP contribution in [0.3, 0.4) is 0 Å². The second-order valence-electron chi connectivity index (χ2n) is 2.89. The van der Waals surface area contributed by atoms with Gasteiger partial charge in [-0.05, 0) is 5.56 Å². The number of aliphatic hydroxyl groups is 1. The molecule has 0 bridgehead atoms. The van der Waals surface area contributed by atoms with Crippen LogP contribution in [-0.4, -0.2) is 24.8 Å². The van der Waals surface area contributed by atoms with Gasteiger partial charge in [0.25, 0.3) is 0 Å². The van der Waals surface area contributed by atoms with Crippen LogP contribution in [-0.2, 0) is 0 Å². The summed E-state index contributed by atoms with van der Waals surface area (Å²) in [5, 5.41) is 12.3. The smallest absolute Gasteiger partial charge is 0.0626 e. The normalized spacial score (nSPS) is 12.8. The Morgan fingerprint density at radius 1 is 1.31 bits per heavy atom. The molecule has 0 fully saturated rings. The van der Waals surface area contributed by atoms with E-state index in [1.54, 1.807) is 0 Å². The standard InChI is InChI=1S/C10H16N2O/c11-6-7-12-10(8-13)9-4-2-1-3-5-9/h1-5,10,12-13H,6-8,11H2. The molecular formula is C10H16N2O. The maximum atomic E-state index is 9.10. The summed E-state index contributed by atoms with van der Waals surface area (Å²) in [4.78, 5) is 0. The van der Waals surface area contributed by atoms with Crippen LogP contribution >= 0.6 is 0 Å². The van der Waals surface area contributed by atoms with Crippen LogP contribution in [0.4, 0.5) is 0 Å². The summed E-state index contributed by atoms with van der Waals surface area (Å²) in [5.41, 5.74) is 6.46. The number of rotatable bonds is 5. The molecule has 72 valence electrons. The summed E-state index contributed by atoms with van der Waals surface area (Å²) in [7, 11) is 0. The molecule has 1 rings (SSSR count). The molecular weight excluding hydrogens is 164 g/mol. The van der Waals surface area contributed by atoms with E-state index in [0.29, 0.717) is 6.54 Å². The Morgan fingerprint density at radius 3 is 2.54 bits per heavy atom. The summed E-state index contributed by atoms with van der Waals surface area (Å²) < 4.78 is 0. The molecule has 1 aromatic rings. The van der Waals surface area contributed by atoms with Crippen molar-refractivity contribution in [3.63, 3.8) is 0 Å². The molecule has 3 nitrogen and oxygen atoms in total. The minimum absolute atomic E-state index is 0.00440. The first-order valence-electron chi connectivity index (χ1n) is 4.47. The Labute approximate surface area is 78.6 Å². The zero-order chi connectivity index (χ0) is 9.52. The lowest BCUT2D eigenvalue weighted by molar-refractivity contribution is 0.245. The van der Waals surface area contributed by atoms with E-state index in [1.807, 2.05) is 30.3 Å². The molecule has 0 saturated carbocycles. The third-order valence-electron chi connectivity index (χ3n) is 1.92. The van der Waals surface area contributed by atoms with Crippen molar-refractivity contribution in [1.82, 2.24) is 5.32 Å². The fourth-order valence-electron chi connectivity index (χ4n) is 1.23. The molecule has 0 aromatic heterocycles. The number of hydrogen-bond donors (Lipinski definition) is 3. The first-order chi connectivity index (χ1) is 6.38. The number of nitrogens with one attached hydrogen (secondary N) is 1. The monoisotopic (exact) mass is 180 g/mol. The predicted molar refractivity (Wildman–Crippen MR) is 53.3 cm³/mol. The van der Waals surface area contributed by atoms with Crippen LogP contribution in [0.5, 0.6) is 0 Å². The quantitative estimate of drug-likeness (QED) is 0.609. The minimum atomic E-state index is 0.00440. The van der Waals surface area contributed by atoms with E-state index in [2.05, 4.69) is 5.32 Å². The number of benzene rings is 1. The highest BCUT2D eigenvalue weighted by Crippen LogP contribution is 2.10. The Hall–Kier alpha value is -0.900. The summed E-state index contributed by atoms with van der Waals surface area (Å²) >= 11 is 0. The van der Waals surface area contributed by atoms with Gasteiger partial charge in [0.05, 0.1) is 12.6 Å². The van der Waals surface area contributed by atoms with Crippen molar-refractivity contribution in [3.8, 4) is 0 Å². The number of nitrogens with two attached hydrogens (primary N) is 1. The SMILES string of the molecule is NCCNC(CO)c1ccccc1. The molecule has 0 amide bonds. The second kappa shape index (κ2) is 5.70. The fourth-order valence-corrected chi connectivity index (χ4v) is 1.23. The maximum absolute atomic E-state index is 9.10. The molecule has 0 spiro atoms. The highest BCUT2D eigenvalue weighted by atomic mass is 16.3. The molecule has 1 atom stereocenters. The van der Waals surface area contributed by atoms with Gasteiger partial charge < -0.3 is 16.2 Å². The van der Waals surface area contributed by atoms with Crippen LogP contribution in [0.2, 0.25) is 0 Å². The Morgan fingerprint density at radius 2 is 2.00 bits per heavy atom. The summed E-state index contributed by atoms with van der Waals surface area (Å²) in [5.74, 6) is 0. The third-order valence-corrected chi connectivity index (χ3v) is 1.92. The van der Waals surface area contributed by atoms with Crippen molar-refractivity contribution in [3.05, 3.63) is 35.9 Å². The lowest BCUT2D eigenvalue weighted by Crippen LogP contribution is -2.29. The van der Waals surface area contributed by atoms with Crippen LogP contribution in [0.1, 0.15) is 11.6 Å². The Bertz CT molecular complexity index is 226. The molecule has 0 aliphatic heterocycles. The van der Waals surface area contributed by atoms with Crippen molar-refractivity contribution < 1.29 is 5.11 Å². The Balaban J connectivity index is 2.56. The minimum Gasteiger partial charge on any atom is -0.394 e. The zero-order valence-electron chi connectivity index (χ0n) is 7.61. The van der Waals surface area contributed by atoms with Gasteiger partial charge in [0, 0.05) is 13.1 Å². The van der Waals surface area contributed by atoms with Gasteiger partial charge in [0.15, 0.2) is 0 Å². The van der Waals surface area contributed by atoms with E-state index in [0.717, 1.165) is 12.1 Å². The van der Waals surface area contributed by atoms with Crippen molar-refractivity contribution in [2.45, 2.75) is 6.04 Å². The fraction of sp³-hybridized carbons (Fsp3) is 0.400. The largest absolute Gasteiger partial charge is 0.394 e. The van der Waals surface area contributed by atoms with E-state index in [1.165, 1.54) is 0 Å². The van der Waals surface area contributed by atoms with Crippen molar-refractivity contribution in [2.24, 2.45) is 5.73 Å². The first-order valence-corrected chi connectivity index (χ1v) is 4.47. The van der Waals surface area contributed by atoms with E-state index < -0.39 is 0 Å². The predicted octanol–water partition coefficient (Wildman–Crippen LogP) is 0.268. The van der Waals surface area contributed by atoms with Gasteiger partial charge in [-0.2, -0.15) is 0 Å². The van der Waals surface area contributed by atoms with Crippen molar-refractivity contribution >= 4 is 0 Å². The highest BCUT2D eigenvalue weighted by Gasteiger charge is 2.07. The summed E-state index contributed by atoms with van der Waals surface area (Å²) in [6.45, 7) is 1.41. The highest BCUT2D eigenvalue weighted by molar-refractivity contribution is 5.18. The van der Waals surface area contributed by atoms with Gasteiger partial charge in [0.2, 0.25) is 0 Å².